The van der Waals surface area contributed by atoms with Gasteiger partial charge in [-0.25, -0.2) is 4.98 Å². The predicted octanol–water partition coefficient (Wildman–Crippen LogP) is 5.40. The topological polar surface area (TPSA) is 24.9 Å². The highest BCUT2D eigenvalue weighted by Crippen LogP contribution is 2.11. The first-order valence-corrected chi connectivity index (χ1v) is 7.97. The number of aromatic nitrogens is 1. The number of rotatable bonds is 10. The van der Waals surface area contributed by atoms with E-state index in [4.69, 9.17) is 0 Å². The van der Waals surface area contributed by atoms with Gasteiger partial charge in [-0.1, -0.05) is 51.9 Å². The predicted molar refractivity (Wildman–Crippen MR) is 83.0 cm³/mol. The molecule has 0 aromatic carbocycles. The minimum atomic E-state index is 0.973. The van der Waals surface area contributed by atoms with Crippen LogP contribution in [0.1, 0.15) is 58.3 Å². The molecule has 2 nitrogen and oxygen atoms in total. The van der Waals surface area contributed by atoms with Crippen LogP contribution in [0.5, 0.6) is 0 Å². The lowest BCUT2D eigenvalue weighted by molar-refractivity contribution is 0.581. The average Bonchev–Trinajstić information content (AvgIpc) is 2.39. The van der Waals surface area contributed by atoms with Crippen LogP contribution in [0.4, 0.5) is 5.82 Å². The van der Waals surface area contributed by atoms with Crippen molar-refractivity contribution in [2.24, 2.45) is 0 Å². The van der Waals surface area contributed by atoms with Crippen LogP contribution in [0.15, 0.2) is 22.8 Å². The first kappa shape index (κ1) is 15.5. The molecule has 1 rings (SSSR count). The number of hydrogen-bond acceptors (Lipinski definition) is 2. The third kappa shape index (κ3) is 7.70. The van der Waals surface area contributed by atoms with Crippen molar-refractivity contribution in [1.82, 2.24) is 4.98 Å². The van der Waals surface area contributed by atoms with Gasteiger partial charge in [0, 0.05) is 17.2 Å². The Morgan fingerprint density at radius 3 is 2.28 bits per heavy atom. The Kier molecular flexibility index (Phi) is 8.92. The lowest BCUT2D eigenvalue weighted by Crippen LogP contribution is -2.02. The Morgan fingerprint density at radius 2 is 1.67 bits per heavy atom. The van der Waals surface area contributed by atoms with Crippen molar-refractivity contribution in [1.29, 1.82) is 0 Å². The molecule has 0 aliphatic rings. The fourth-order valence-corrected chi connectivity index (χ4v) is 2.19. The molecule has 3 heteroatoms. The van der Waals surface area contributed by atoms with Crippen LogP contribution in [0.2, 0.25) is 0 Å². The van der Waals surface area contributed by atoms with E-state index in [-0.39, 0.29) is 0 Å². The zero-order valence-electron chi connectivity index (χ0n) is 11.4. The summed E-state index contributed by atoms with van der Waals surface area (Å²) in [5, 5.41) is 3.35. The highest BCUT2D eigenvalue weighted by molar-refractivity contribution is 9.10. The zero-order valence-corrected chi connectivity index (χ0v) is 13.0. The molecule has 0 atom stereocenters. The molecule has 0 aliphatic heterocycles. The second kappa shape index (κ2) is 10.4. The molecule has 0 unspecified atom stereocenters. The van der Waals surface area contributed by atoms with Gasteiger partial charge >= 0.3 is 0 Å². The van der Waals surface area contributed by atoms with Gasteiger partial charge in [0.05, 0.1) is 0 Å². The number of unbranched alkanes of at least 4 members (excludes halogenated alkanes) is 7. The van der Waals surface area contributed by atoms with E-state index in [1.165, 1.54) is 51.4 Å². The van der Waals surface area contributed by atoms with Crippen LogP contribution < -0.4 is 5.32 Å². The third-order valence-corrected chi connectivity index (χ3v) is 3.53. The second-order valence-corrected chi connectivity index (χ2v) is 5.68. The summed E-state index contributed by atoms with van der Waals surface area (Å²) in [6.45, 7) is 3.30. The molecule has 102 valence electrons. The molecule has 0 fully saturated rings. The molecule has 0 saturated carbocycles. The highest BCUT2D eigenvalue weighted by Gasteiger charge is 1.94. The molecule has 1 aromatic rings. The molecule has 18 heavy (non-hydrogen) atoms. The molecule has 0 spiro atoms. The van der Waals surface area contributed by atoms with E-state index in [1.54, 1.807) is 0 Å². The van der Waals surface area contributed by atoms with Gasteiger partial charge in [0.25, 0.3) is 0 Å². The van der Waals surface area contributed by atoms with Crippen LogP contribution in [0, 0.1) is 0 Å². The van der Waals surface area contributed by atoms with Crippen molar-refractivity contribution in [3.8, 4) is 0 Å². The summed E-state index contributed by atoms with van der Waals surface area (Å²) in [6.07, 6.45) is 12.7. The lowest BCUT2D eigenvalue weighted by Gasteiger charge is -2.05. The van der Waals surface area contributed by atoms with Crippen molar-refractivity contribution in [2.75, 3.05) is 11.9 Å². The van der Waals surface area contributed by atoms with Gasteiger partial charge in [-0.2, -0.15) is 0 Å². The number of halogens is 1. The average molecular weight is 313 g/mol. The SMILES string of the molecule is CCCCCCCCCCNc1ccc(Br)cn1. The summed E-state index contributed by atoms with van der Waals surface area (Å²) in [5.74, 6) is 0.973. The third-order valence-electron chi connectivity index (χ3n) is 3.06. The quantitative estimate of drug-likeness (QED) is 0.585. The summed E-state index contributed by atoms with van der Waals surface area (Å²) >= 11 is 3.38. The maximum Gasteiger partial charge on any atom is 0.125 e. The van der Waals surface area contributed by atoms with Crippen molar-refractivity contribution >= 4 is 21.7 Å². The first-order chi connectivity index (χ1) is 8.83. The monoisotopic (exact) mass is 312 g/mol. The van der Waals surface area contributed by atoms with Gasteiger partial charge < -0.3 is 5.32 Å². The minimum absolute atomic E-state index is 0.973. The van der Waals surface area contributed by atoms with E-state index < -0.39 is 0 Å². The molecule has 1 N–H and O–H groups in total. The molecule has 1 heterocycles. The molecule has 0 saturated heterocycles. The molecule has 0 bridgehead atoms. The van der Waals surface area contributed by atoms with E-state index >= 15 is 0 Å². The number of hydrogen-bond donors (Lipinski definition) is 1. The number of anilines is 1. The Bertz CT molecular complexity index is 298. The van der Waals surface area contributed by atoms with Crippen molar-refractivity contribution in [3.05, 3.63) is 22.8 Å². The first-order valence-electron chi connectivity index (χ1n) is 7.18. The molecule has 1 aromatic heterocycles. The van der Waals surface area contributed by atoms with E-state index in [0.717, 1.165) is 16.8 Å². The van der Waals surface area contributed by atoms with Crippen molar-refractivity contribution in [2.45, 2.75) is 58.3 Å². The number of nitrogens with one attached hydrogen (secondary N) is 1. The van der Waals surface area contributed by atoms with Gasteiger partial charge in [0.1, 0.15) is 5.82 Å². The molecule has 0 radical (unpaired) electrons. The van der Waals surface area contributed by atoms with E-state index in [1.807, 2.05) is 18.3 Å². The number of pyridine rings is 1. The fourth-order valence-electron chi connectivity index (χ4n) is 1.96. The summed E-state index contributed by atoms with van der Waals surface area (Å²) in [4.78, 5) is 4.29. The van der Waals surface area contributed by atoms with Crippen LogP contribution in [-0.4, -0.2) is 11.5 Å². The summed E-state index contributed by atoms with van der Waals surface area (Å²) in [6, 6.07) is 4.03. The largest absolute Gasteiger partial charge is 0.370 e. The Balaban J connectivity index is 1.91. The van der Waals surface area contributed by atoms with Crippen LogP contribution in [0.25, 0.3) is 0 Å². The van der Waals surface area contributed by atoms with Gasteiger partial charge in [0.2, 0.25) is 0 Å². The zero-order chi connectivity index (χ0) is 13.1. The summed E-state index contributed by atoms with van der Waals surface area (Å²) in [5.41, 5.74) is 0. The van der Waals surface area contributed by atoms with E-state index in [2.05, 4.69) is 33.2 Å². The van der Waals surface area contributed by atoms with Crippen LogP contribution in [-0.2, 0) is 0 Å². The maximum atomic E-state index is 4.29. The van der Waals surface area contributed by atoms with Gasteiger partial charge in [-0.3, -0.25) is 0 Å². The van der Waals surface area contributed by atoms with Crippen molar-refractivity contribution < 1.29 is 0 Å². The molecular formula is C15H25BrN2. The summed E-state index contributed by atoms with van der Waals surface area (Å²) < 4.78 is 1.03. The molecule has 0 amide bonds. The van der Waals surface area contributed by atoms with Gasteiger partial charge in [0.15, 0.2) is 0 Å². The van der Waals surface area contributed by atoms with Crippen LogP contribution >= 0.6 is 15.9 Å². The second-order valence-electron chi connectivity index (χ2n) is 4.76. The summed E-state index contributed by atoms with van der Waals surface area (Å²) in [7, 11) is 0. The Morgan fingerprint density at radius 1 is 1.00 bits per heavy atom. The maximum absolute atomic E-state index is 4.29. The lowest BCUT2D eigenvalue weighted by atomic mass is 10.1. The minimum Gasteiger partial charge on any atom is -0.370 e. The molecular weight excluding hydrogens is 288 g/mol. The highest BCUT2D eigenvalue weighted by atomic mass is 79.9. The Labute approximate surface area is 120 Å². The van der Waals surface area contributed by atoms with Crippen molar-refractivity contribution in [3.63, 3.8) is 0 Å². The van der Waals surface area contributed by atoms with E-state index in [0.29, 0.717) is 0 Å². The van der Waals surface area contributed by atoms with Crippen LogP contribution in [0.3, 0.4) is 0 Å². The smallest absolute Gasteiger partial charge is 0.125 e. The standard InChI is InChI=1S/C15H25BrN2/c1-2-3-4-5-6-7-8-9-12-17-15-11-10-14(16)13-18-15/h10-11,13H,2-9,12H2,1H3,(H,17,18). The number of nitrogens with zero attached hydrogens (tertiary/aromatic N) is 1. The fraction of sp³-hybridized carbons (Fsp3) is 0.667. The van der Waals surface area contributed by atoms with Gasteiger partial charge in [-0.05, 0) is 34.5 Å². The van der Waals surface area contributed by atoms with E-state index in [9.17, 15) is 0 Å². The molecule has 0 aliphatic carbocycles. The normalized spacial score (nSPS) is 10.6. The van der Waals surface area contributed by atoms with Gasteiger partial charge in [-0.15, -0.1) is 0 Å². The Hall–Kier alpha value is -0.570.